The van der Waals surface area contributed by atoms with Gasteiger partial charge in [0.1, 0.15) is 10.7 Å². The second-order valence-corrected chi connectivity index (χ2v) is 7.53. The van der Waals surface area contributed by atoms with Crippen molar-refractivity contribution in [1.29, 1.82) is 0 Å². The lowest BCUT2D eigenvalue weighted by molar-refractivity contribution is -0.139. The van der Waals surface area contributed by atoms with Crippen molar-refractivity contribution in [2.75, 3.05) is 11.2 Å². The molecule has 122 valence electrons. The Labute approximate surface area is 128 Å². The van der Waals surface area contributed by atoms with Gasteiger partial charge in [0.2, 0.25) is 10.0 Å². The summed E-state index contributed by atoms with van der Waals surface area (Å²) >= 11 is 5.41. The topological polar surface area (TPSA) is 119 Å². The Bertz CT molecular complexity index is 878. The molecule has 0 spiro atoms. The first-order valence-electron chi connectivity index (χ1n) is 5.31. The van der Waals surface area contributed by atoms with Crippen molar-refractivity contribution in [3.05, 3.63) is 17.7 Å². The predicted molar refractivity (Wildman–Crippen MR) is 71.8 cm³/mol. The van der Waals surface area contributed by atoms with Crippen LogP contribution in [-0.2, 0) is 26.2 Å². The van der Waals surface area contributed by atoms with Gasteiger partial charge >= 0.3 is 6.18 Å². The third-order valence-electron chi connectivity index (χ3n) is 2.61. The van der Waals surface area contributed by atoms with Crippen LogP contribution in [0.4, 0.5) is 18.9 Å². The molecule has 0 radical (unpaired) electrons. The summed E-state index contributed by atoms with van der Waals surface area (Å²) in [5.74, 6) is -0.678. The number of sulfonamides is 2. The zero-order chi connectivity index (χ0) is 16.9. The number of rotatable bonds is 2. The minimum absolute atomic E-state index is 0.286. The summed E-state index contributed by atoms with van der Waals surface area (Å²) in [6.07, 6.45) is -5.06. The van der Waals surface area contributed by atoms with Crippen molar-refractivity contribution in [3.63, 3.8) is 0 Å². The van der Waals surface area contributed by atoms with E-state index in [-0.39, 0.29) is 5.84 Å². The van der Waals surface area contributed by atoms with Crippen molar-refractivity contribution in [3.8, 4) is 0 Å². The summed E-state index contributed by atoms with van der Waals surface area (Å²) in [4.78, 5) is -2.09. The molecule has 0 amide bonds. The van der Waals surface area contributed by atoms with E-state index in [4.69, 9.17) is 16.7 Å². The number of alkyl halides is 4. The molecule has 0 saturated carbocycles. The number of hydrogen-bond acceptors (Lipinski definition) is 5. The molecule has 13 heteroatoms. The van der Waals surface area contributed by atoms with Crippen LogP contribution in [0.1, 0.15) is 5.56 Å². The molecule has 7 nitrogen and oxygen atoms in total. The highest BCUT2D eigenvalue weighted by atomic mass is 35.5. The Hall–Kier alpha value is -1.37. The van der Waals surface area contributed by atoms with Crippen LogP contribution in [-0.4, -0.2) is 28.6 Å². The number of hydrogen-bond donors (Lipinski definition) is 2. The fourth-order valence-electron chi connectivity index (χ4n) is 1.76. The van der Waals surface area contributed by atoms with Gasteiger partial charge in [0, 0.05) is 0 Å². The van der Waals surface area contributed by atoms with E-state index >= 15 is 0 Å². The summed E-state index contributed by atoms with van der Waals surface area (Å²) in [5, 5.41) is 7.03. The predicted octanol–water partition coefficient (Wildman–Crippen LogP) is 1.10. The van der Waals surface area contributed by atoms with Gasteiger partial charge in [0.05, 0.1) is 22.0 Å². The van der Waals surface area contributed by atoms with Crippen molar-refractivity contribution >= 4 is 43.2 Å². The fraction of sp³-hybridized carbons (Fsp3) is 0.222. The van der Waals surface area contributed by atoms with E-state index in [1.54, 1.807) is 0 Å². The quantitative estimate of drug-likeness (QED) is 0.748. The maximum absolute atomic E-state index is 13.0. The molecule has 0 atom stereocenters. The lowest BCUT2D eigenvalue weighted by atomic mass is 10.2. The standard InChI is InChI=1S/C9H7ClF3N3O4S2/c10-3-8-15-5-1-4(9(11,12)13)6(21(14,17)18)2-7(5)22(19,20)16-8/h1-2H,3H2,(H,15,16)(H2,14,17,18). The van der Waals surface area contributed by atoms with Crippen LogP contribution in [0.25, 0.3) is 0 Å². The zero-order valence-electron chi connectivity index (χ0n) is 10.3. The van der Waals surface area contributed by atoms with Gasteiger partial charge in [0.25, 0.3) is 10.0 Å². The zero-order valence-corrected chi connectivity index (χ0v) is 12.7. The molecule has 1 heterocycles. The van der Waals surface area contributed by atoms with Crippen LogP contribution in [0.5, 0.6) is 0 Å². The van der Waals surface area contributed by atoms with Crippen molar-refractivity contribution in [2.45, 2.75) is 16.0 Å². The number of benzene rings is 1. The molecule has 1 aromatic rings. The largest absolute Gasteiger partial charge is 0.417 e. The number of halogens is 4. The Morgan fingerprint density at radius 3 is 2.36 bits per heavy atom. The van der Waals surface area contributed by atoms with E-state index in [0.717, 1.165) is 0 Å². The molecule has 0 saturated heterocycles. The van der Waals surface area contributed by atoms with Gasteiger partial charge in [-0.1, -0.05) is 0 Å². The molecule has 0 aliphatic carbocycles. The first-order chi connectivity index (χ1) is 9.86. The highest BCUT2D eigenvalue weighted by molar-refractivity contribution is 7.91. The number of primary sulfonamides is 1. The van der Waals surface area contributed by atoms with Gasteiger partial charge in [-0.25, -0.2) is 13.6 Å². The second kappa shape index (κ2) is 5.08. The molecule has 0 fully saturated rings. The van der Waals surface area contributed by atoms with Gasteiger partial charge < -0.3 is 5.32 Å². The SMILES string of the molecule is NS(=O)(=O)c1cc2c(cc1C(F)(F)F)NC(CCl)=NS2(=O)=O. The van der Waals surface area contributed by atoms with E-state index in [1.165, 1.54) is 0 Å². The van der Waals surface area contributed by atoms with Crippen molar-refractivity contribution in [2.24, 2.45) is 9.54 Å². The molecule has 1 aliphatic heterocycles. The molecule has 1 aromatic carbocycles. The lowest BCUT2D eigenvalue weighted by Crippen LogP contribution is -2.25. The third kappa shape index (κ3) is 3.04. The molecular weight excluding hydrogens is 371 g/mol. The van der Waals surface area contributed by atoms with Gasteiger partial charge in [-0.3, -0.25) is 0 Å². The minimum atomic E-state index is -5.06. The summed E-state index contributed by atoms with van der Waals surface area (Å²) in [7, 11) is -9.20. The van der Waals surface area contributed by atoms with Crippen molar-refractivity contribution in [1.82, 2.24) is 0 Å². The number of nitrogens with one attached hydrogen (secondary N) is 1. The Morgan fingerprint density at radius 2 is 1.91 bits per heavy atom. The van der Waals surface area contributed by atoms with E-state index in [9.17, 15) is 30.0 Å². The average molecular weight is 378 g/mol. The summed E-state index contributed by atoms with van der Waals surface area (Å²) < 4.78 is 88.5. The van der Waals surface area contributed by atoms with Crippen LogP contribution >= 0.6 is 11.6 Å². The molecule has 2 rings (SSSR count). The Morgan fingerprint density at radius 1 is 1.32 bits per heavy atom. The summed E-state index contributed by atoms with van der Waals surface area (Å²) in [6.45, 7) is 0. The van der Waals surface area contributed by atoms with E-state index < -0.39 is 53.1 Å². The number of anilines is 1. The van der Waals surface area contributed by atoms with Crippen LogP contribution in [0, 0.1) is 0 Å². The van der Waals surface area contributed by atoms with E-state index in [1.807, 2.05) is 0 Å². The Balaban J connectivity index is 2.86. The molecule has 0 aromatic heterocycles. The highest BCUT2D eigenvalue weighted by Crippen LogP contribution is 2.39. The van der Waals surface area contributed by atoms with E-state index in [2.05, 4.69) is 9.71 Å². The molecule has 22 heavy (non-hydrogen) atoms. The van der Waals surface area contributed by atoms with Gasteiger partial charge in [-0.15, -0.1) is 16.0 Å². The van der Waals surface area contributed by atoms with Gasteiger partial charge in [-0.05, 0) is 12.1 Å². The fourth-order valence-corrected chi connectivity index (χ4v) is 3.95. The van der Waals surface area contributed by atoms with Crippen LogP contribution < -0.4 is 10.5 Å². The maximum Gasteiger partial charge on any atom is 0.417 e. The Kier molecular flexibility index (Phi) is 3.92. The van der Waals surface area contributed by atoms with Crippen LogP contribution in [0.3, 0.4) is 0 Å². The number of nitrogens with zero attached hydrogens (tertiary/aromatic N) is 1. The number of fused-ring (bicyclic) bond motifs is 1. The normalized spacial score (nSPS) is 17.4. The number of nitrogens with two attached hydrogens (primary N) is 1. The van der Waals surface area contributed by atoms with Crippen molar-refractivity contribution < 1.29 is 30.0 Å². The van der Waals surface area contributed by atoms with Crippen LogP contribution in [0.15, 0.2) is 26.3 Å². The maximum atomic E-state index is 13.0. The summed E-state index contributed by atoms with van der Waals surface area (Å²) in [6, 6.07) is 0.665. The molecular formula is C9H7ClF3N3O4S2. The van der Waals surface area contributed by atoms with Gasteiger partial charge in [0.15, 0.2) is 0 Å². The van der Waals surface area contributed by atoms with Crippen LogP contribution in [0.2, 0.25) is 0 Å². The third-order valence-corrected chi connectivity index (χ3v) is 5.17. The molecule has 0 bridgehead atoms. The van der Waals surface area contributed by atoms with E-state index in [0.29, 0.717) is 12.1 Å². The first-order valence-corrected chi connectivity index (χ1v) is 8.83. The molecule has 3 N–H and O–H groups in total. The summed E-state index contributed by atoms with van der Waals surface area (Å²) in [5.41, 5.74) is -2.07. The first kappa shape index (κ1) is 17.0. The lowest BCUT2D eigenvalue weighted by Gasteiger charge is -2.20. The monoisotopic (exact) mass is 377 g/mol. The number of amidine groups is 1. The van der Waals surface area contributed by atoms with Gasteiger partial charge in [-0.2, -0.15) is 21.6 Å². The second-order valence-electron chi connectivity index (χ2n) is 4.16. The molecule has 1 aliphatic rings. The average Bonchev–Trinajstić information content (AvgIpc) is 2.34. The smallest absolute Gasteiger partial charge is 0.341 e. The minimum Gasteiger partial charge on any atom is -0.341 e. The molecule has 0 unspecified atom stereocenters. The highest BCUT2D eigenvalue weighted by Gasteiger charge is 2.39.